The lowest BCUT2D eigenvalue weighted by molar-refractivity contribution is 0.0921. The Labute approximate surface area is 148 Å². The molecule has 0 heterocycles. The van der Waals surface area contributed by atoms with Gasteiger partial charge in [0.15, 0.2) is 0 Å². The number of para-hydroxylation sites is 1. The van der Waals surface area contributed by atoms with Gasteiger partial charge >= 0.3 is 0 Å². The lowest BCUT2D eigenvalue weighted by Gasteiger charge is -2.17. The third-order valence-corrected chi connectivity index (χ3v) is 3.43. The molecule has 0 fully saturated rings. The molecule has 0 spiro atoms. The van der Waals surface area contributed by atoms with Crippen LogP contribution in [-0.2, 0) is 0 Å². The van der Waals surface area contributed by atoms with Crippen molar-refractivity contribution in [1.29, 1.82) is 0 Å². The summed E-state index contributed by atoms with van der Waals surface area (Å²) in [5.41, 5.74) is 0.521. The molecule has 0 saturated carbocycles. The lowest BCUT2D eigenvalue weighted by Crippen LogP contribution is -2.37. The Morgan fingerprint density at radius 1 is 1.00 bits per heavy atom. The topological polar surface area (TPSA) is 56.8 Å². The number of benzene rings is 2. The van der Waals surface area contributed by atoms with Crippen molar-refractivity contribution >= 4 is 5.91 Å². The molecule has 1 N–H and O–H groups in total. The van der Waals surface area contributed by atoms with Crippen LogP contribution in [0, 0.1) is 0 Å². The number of carbonyl (C=O) groups excluding carboxylic acids is 1. The molecule has 1 amide bonds. The number of methoxy groups -OCH3 is 1. The van der Waals surface area contributed by atoms with Crippen molar-refractivity contribution in [2.45, 2.75) is 32.9 Å². The van der Waals surface area contributed by atoms with Gasteiger partial charge in [0.05, 0.1) is 24.8 Å². The highest BCUT2D eigenvalue weighted by molar-refractivity contribution is 5.97. The first kappa shape index (κ1) is 18.6. The first-order valence-corrected chi connectivity index (χ1v) is 8.33. The standard InChI is InChI=1S/C20H25NO4/c1-14(2)25-19-8-6-5-7-18(19)20(22)21-15(3)13-24-17-11-9-16(23-4)10-12-17/h5-12,14-15H,13H2,1-4H3,(H,21,22)/t15-/m1/s1. The molecule has 2 aromatic carbocycles. The monoisotopic (exact) mass is 343 g/mol. The van der Waals surface area contributed by atoms with Crippen LogP contribution < -0.4 is 19.5 Å². The van der Waals surface area contributed by atoms with Crippen molar-refractivity contribution < 1.29 is 19.0 Å². The van der Waals surface area contributed by atoms with E-state index in [1.807, 2.05) is 57.2 Å². The minimum atomic E-state index is -0.179. The van der Waals surface area contributed by atoms with Gasteiger partial charge in [-0.2, -0.15) is 0 Å². The van der Waals surface area contributed by atoms with Crippen molar-refractivity contribution in [1.82, 2.24) is 5.32 Å². The largest absolute Gasteiger partial charge is 0.497 e. The molecule has 0 unspecified atom stereocenters. The van der Waals surface area contributed by atoms with Gasteiger partial charge in [0.1, 0.15) is 23.9 Å². The zero-order valence-electron chi connectivity index (χ0n) is 15.1. The van der Waals surface area contributed by atoms with Crippen molar-refractivity contribution in [3.05, 3.63) is 54.1 Å². The molecule has 0 aliphatic rings. The summed E-state index contributed by atoms with van der Waals surface area (Å²) in [7, 11) is 1.62. The van der Waals surface area contributed by atoms with Gasteiger partial charge in [-0.05, 0) is 57.2 Å². The van der Waals surface area contributed by atoms with Crippen LogP contribution in [0.2, 0.25) is 0 Å². The summed E-state index contributed by atoms with van der Waals surface area (Å²) in [6, 6.07) is 14.4. The quantitative estimate of drug-likeness (QED) is 0.794. The zero-order chi connectivity index (χ0) is 18.2. The normalized spacial score (nSPS) is 11.7. The highest BCUT2D eigenvalue weighted by Crippen LogP contribution is 2.20. The highest BCUT2D eigenvalue weighted by atomic mass is 16.5. The summed E-state index contributed by atoms with van der Waals surface area (Å²) in [5, 5.41) is 2.93. The van der Waals surface area contributed by atoms with Crippen molar-refractivity contribution in [2.24, 2.45) is 0 Å². The molecule has 0 aromatic heterocycles. The van der Waals surface area contributed by atoms with Gasteiger partial charge in [0.25, 0.3) is 5.91 Å². The number of hydrogen-bond donors (Lipinski definition) is 1. The number of hydrogen-bond acceptors (Lipinski definition) is 4. The van der Waals surface area contributed by atoms with Crippen LogP contribution in [0.1, 0.15) is 31.1 Å². The third kappa shape index (κ3) is 5.71. The molecule has 134 valence electrons. The van der Waals surface area contributed by atoms with E-state index in [0.29, 0.717) is 17.9 Å². The predicted octanol–water partition coefficient (Wildman–Crippen LogP) is 3.68. The van der Waals surface area contributed by atoms with E-state index in [1.54, 1.807) is 19.2 Å². The van der Waals surface area contributed by atoms with E-state index < -0.39 is 0 Å². The van der Waals surface area contributed by atoms with E-state index in [-0.39, 0.29) is 18.1 Å². The Morgan fingerprint density at radius 3 is 2.28 bits per heavy atom. The summed E-state index contributed by atoms with van der Waals surface area (Å²) < 4.78 is 16.5. The summed E-state index contributed by atoms with van der Waals surface area (Å²) in [6.07, 6.45) is 0.00442. The van der Waals surface area contributed by atoms with Gasteiger partial charge in [0.2, 0.25) is 0 Å². The fourth-order valence-electron chi connectivity index (χ4n) is 2.25. The molecule has 5 nitrogen and oxygen atoms in total. The van der Waals surface area contributed by atoms with E-state index >= 15 is 0 Å². The Balaban J connectivity index is 1.91. The number of ether oxygens (including phenoxy) is 3. The minimum Gasteiger partial charge on any atom is -0.497 e. The van der Waals surface area contributed by atoms with Gasteiger partial charge in [-0.25, -0.2) is 0 Å². The lowest BCUT2D eigenvalue weighted by atomic mass is 10.1. The van der Waals surface area contributed by atoms with Gasteiger partial charge in [-0.3, -0.25) is 4.79 Å². The first-order chi connectivity index (χ1) is 12.0. The van der Waals surface area contributed by atoms with E-state index in [1.165, 1.54) is 0 Å². The second kappa shape index (κ2) is 8.97. The molecule has 0 bridgehead atoms. The summed E-state index contributed by atoms with van der Waals surface area (Å²) in [4.78, 5) is 12.5. The van der Waals surface area contributed by atoms with E-state index in [0.717, 1.165) is 11.5 Å². The molecule has 2 aromatic rings. The van der Waals surface area contributed by atoms with Crippen molar-refractivity contribution in [3.8, 4) is 17.2 Å². The van der Waals surface area contributed by atoms with Crippen LogP contribution in [0.5, 0.6) is 17.2 Å². The smallest absolute Gasteiger partial charge is 0.255 e. The number of carbonyl (C=O) groups is 1. The van der Waals surface area contributed by atoms with Gasteiger partial charge in [-0.1, -0.05) is 12.1 Å². The second-order valence-corrected chi connectivity index (χ2v) is 6.02. The fourth-order valence-corrected chi connectivity index (χ4v) is 2.25. The summed E-state index contributed by atoms with van der Waals surface area (Å²) in [5.74, 6) is 1.90. The Bertz CT molecular complexity index is 682. The third-order valence-electron chi connectivity index (χ3n) is 3.43. The Morgan fingerprint density at radius 2 is 1.64 bits per heavy atom. The second-order valence-electron chi connectivity index (χ2n) is 6.02. The molecule has 0 aliphatic carbocycles. The Hall–Kier alpha value is -2.69. The van der Waals surface area contributed by atoms with Gasteiger partial charge in [0, 0.05) is 0 Å². The SMILES string of the molecule is COc1ccc(OC[C@@H](C)NC(=O)c2ccccc2OC(C)C)cc1. The van der Waals surface area contributed by atoms with Crippen LogP contribution in [-0.4, -0.2) is 31.8 Å². The van der Waals surface area contributed by atoms with Crippen LogP contribution in [0.3, 0.4) is 0 Å². The van der Waals surface area contributed by atoms with Crippen molar-refractivity contribution in [2.75, 3.05) is 13.7 Å². The maximum atomic E-state index is 12.5. The number of nitrogens with one attached hydrogen (secondary N) is 1. The van der Waals surface area contributed by atoms with Crippen LogP contribution >= 0.6 is 0 Å². The number of rotatable bonds is 8. The highest BCUT2D eigenvalue weighted by Gasteiger charge is 2.15. The fraction of sp³-hybridized carbons (Fsp3) is 0.350. The molecule has 1 atom stereocenters. The van der Waals surface area contributed by atoms with E-state index in [4.69, 9.17) is 14.2 Å². The van der Waals surface area contributed by atoms with Crippen LogP contribution in [0.15, 0.2) is 48.5 Å². The predicted molar refractivity (Wildman–Crippen MR) is 97.6 cm³/mol. The van der Waals surface area contributed by atoms with Gasteiger partial charge in [-0.15, -0.1) is 0 Å². The molecule has 25 heavy (non-hydrogen) atoms. The molecule has 2 rings (SSSR count). The van der Waals surface area contributed by atoms with Crippen LogP contribution in [0.25, 0.3) is 0 Å². The van der Waals surface area contributed by atoms with Crippen molar-refractivity contribution in [3.63, 3.8) is 0 Å². The van der Waals surface area contributed by atoms with Crippen LogP contribution in [0.4, 0.5) is 0 Å². The molecule has 0 radical (unpaired) electrons. The molecule has 5 heteroatoms. The minimum absolute atomic E-state index is 0.00442. The summed E-state index contributed by atoms with van der Waals surface area (Å²) >= 11 is 0. The Kier molecular flexibility index (Phi) is 6.69. The first-order valence-electron chi connectivity index (χ1n) is 8.33. The number of amides is 1. The average Bonchev–Trinajstić information content (AvgIpc) is 2.60. The van der Waals surface area contributed by atoms with E-state index in [2.05, 4.69) is 5.32 Å². The zero-order valence-corrected chi connectivity index (χ0v) is 15.1. The molecule has 0 saturated heterocycles. The molecule has 0 aliphatic heterocycles. The average molecular weight is 343 g/mol. The molecular weight excluding hydrogens is 318 g/mol. The molecular formula is C20H25NO4. The summed E-state index contributed by atoms with van der Waals surface area (Å²) in [6.45, 7) is 6.12. The maximum absolute atomic E-state index is 12.5. The maximum Gasteiger partial charge on any atom is 0.255 e. The van der Waals surface area contributed by atoms with Gasteiger partial charge < -0.3 is 19.5 Å². The van der Waals surface area contributed by atoms with E-state index in [9.17, 15) is 4.79 Å².